The third kappa shape index (κ3) is 97.0. The van der Waals surface area contributed by atoms with Crippen LogP contribution in [0.5, 0.6) is 0 Å². The van der Waals surface area contributed by atoms with Gasteiger partial charge in [-0.2, -0.15) is 0 Å². The normalized spacial score (nSPS) is 4.00. The molecule has 0 amide bonds. The molecule has 0 rings (SSSR count). The third-order valence-electron chi connectivity index (χ3n) is 0.175. The molecule has 0 atom stereocenters. The SMILES string of the molecule is C=C.C=CC(=O)O.[CH3-].[Li+]. The molecule has 0 aliphatic heterocycles. The first-order valence-electron chi connectivity index (χ1n) is 1.62. The second-order valence-electron chi connectivity index (χ2n) is 0.542. The summed E-state index contributed by atoms with van der Waals surface area (Å²) in [6, 6.07) is 0. The number of hydrogen-bond acceptors (Lipinski definition) is 1. The van der Waals surface area contributed by atoms with Crippen molar-refractivity contribution >= 4 is 5.97 Å². The molecular formula is C6H11LiO2. The minimum Gasteiger partial charge on any atom is -0.478 e. The zero-order valence-electron chi connectivity index (χ0n) is 6.05. The molecule has 0 spiro atoms. The molecule has 0 aliphatic carbocycles. The van der Waals surface area contributed by atoms with Gasteiger partial charge in [0.25, 0.3) is 0 Å². The van der Waals surface area contributed by atoms with Crippen molar-refractivity contribution in [2.45, 2.75) is 0 Å². The summed E-state index contributed by atoms with van der Waals surface area (Å²) in [7, 11) is 0. The van der Waals surface area contributed by atoms with Gasteiger partial charge in [-0.1, -0.05) is 6.58 Å². The van der Waals surface area contributed by atoms with Gasteiger partial charge in [-0.15, -0.1) is 13.2 Å². The largest absolute Gasteiger partial charge is 1.00 e. The minimum absolute atomic E-state index is 0. The van der Waals surface area contributed by atoms with Crippen molar-refractivity contribution in [3.63, 3.8) is 0 Å². The van der Waals surface area contributed by atoms with E-state index in [-0.39, 0.29) is 26.3 Å². The topological polar surface area (TPSA) is 37.3 Å². The number of aliphatic carboxylic acids is 1. The van der Waals surface area contributed by atoms with Gasteiger partial charge in [-0.05, 0) is 0 Å². The molecule has 3 heteroatoms. The molecule has 9 heavy (non-hydrogen) atoms. The first-order valence-corrected chi connectivity index (χ1v) is 1.62. The van der Waals surface area contributed by atoms with Crippen LogP contribution in [-0.4, -0.2) is 11.1 Å². The Labute approximate surface area is 68.4 Å². The van der Waals surface area contributed by atoms with E-state index in [0.717, 1.165) is 6.08 Å². The summed E-state index contributed by atoms with van der Waals surface area (Å²) >= 11 is 0. The van der Waals surface area contributed by atoms with E-state index in [1.165, 1.54) is 0 Å². The number of carbonyl (C=O) groups is 1. The van der Waals surface area contributed by atoms with Crippen LogP contribution in [0.2, 0.25) is 0 Å². The molecule has 0 aromatic carbocycles. The fourth-order valence-electron chi connectivity index (χ4n) is 0. The van der Waals surface area contributed by atoms with Crippen molar-refractivity contribution in [1.82, 2.24) is 0 Å². The molecule has 0 saturated heterocycles. The number of carboxylic acids is 1. The summed E-state index contributed by atoms with van der Waals surface area (Å²) in [6.45, 7) is 8.96. The average molecular weight is 122 g/mol. The fourth-order valence-corrected chi connectivity index (χ4v) is 0. The minimum atomic E-state index is -0.981. The summed E-state index contributed by atoms with van der Waals surface area (Å²) < 4.78 is 0. The van der Waals surface area contributed by atoms with Crippen molar-refractivity contribution in [1.29, 1.82) is 0 Å². The van der Waals surface area contributed by atoms with E-state index in [9.17, 15) is 4.79 Å². The Morgan fingerprint density at radius 2 is 1.56 bits per heavy atom. The van der Waals surface area contributed by atoms with Crippen molar-refractivity contribution in [2.75, 3.05) is 0 Å². The van der Waals surface area contributed by atoms with Gasteiger partial charge in [0.15, 0.2) is 0 Å². The van der Waals surface area contributed by atoms with E-state index in [1.54, 1.807) is 0 Å². The Balaban J connectivity index is -0.0000000286. The summed E-state index contributed by atoms with van der Waals surface area (Å²) in [5.74, 6) is -0.981. The molecule has 48 valence electrons. The predicted molar refractivity (Wildman–Crippen MR) is 35.5 cm³/mol. The van der Waals surface area contributed by atoms with E-state index >= 15 is 0 Å². The molecule has 2 nitrogen and oxygen atoms in total. The Hall–Kier alpha value is -0.453. The van der Waals surface area contributed by atoms with Gasteiger partial charge in [0.2, 0.25) is 0 Å². The second-order valence-corrected chi connectivity index (χ2v) is 0.542. The standard InChI is InChI=1S/C3H4O2.C2H4.CH3.Li/c1-2-3(4)5;1-2;;/h2H,1H2,(H,4,5);1-2H2;1H3;/q;;-1;+1. The van der Waals surface area contributed by atoms with Gasteiger partial charge in [0, 0.05) is 6.08 Å². The van der Waals surface area contributed by atoms with E-state index < -0.39 is 5.97 Å². The first-order chi connectivity index (χ1) is 3.27. The maximum Gasteiger partial charge on any atom is 1.00 e. The van der Waals surface area contributed by atoms with E-state index in [4.69, 9.17) is 5.11 Å². The van der Waals surface area contributed by atoms with E-state index in [1.807, 2.05) is 0 Å². The fraction of sp³-hybridized carbons (Fsp3) is 0. The molecule has 0 aromatic rings. The van der Waals surface area contributed by atoms with Crippen molar-refractivity contribution in [2.24, 2.45) is 0 Å². The van der Waals surface area contributed by atoms with Crippen LogP contribution in [0.25, 0.3) is 0 Å². The molecule has 0 bridgehead atoms. The van der Waals surface area contributed by atoms with Gasteiger partial charge in [-0.25, -0.2) is 4.79 Å². The van der Waals surface area contributed by atoms with Crippen LogP contribution >= 0.6 is 0 Å². The number of rotatable bonds is 1. The molecule has 0 heterocycles. The molecule has 0 fully saturated rings. The Kier molecular flexibility index (Phi) is 67.3. The van der Waals surface area contributed by atoms with Crippen LogP contribution in [0.15, 0.2) is 25.8 Å². The Morgan fingerprint density at radius 3 is 1.56 bits per heavy atom. The molecule has 0 radical (unpaired) electrons. The number of hydrogen-bond donors (Lipinski definition) is 1. The number of carboxylic acid groups (broad SMARTS) is 1. The van der Waals surface area contributed by atoms with Gasteiger partial charge >= 0.3 is 24.8 Å². The molecule has 0 aliphatic rings. The summed E-state index contributed by atoms with van der Waals surface area (Å²) in [4.78, 5) is 9.25. The summed E-state index contributed by atoms with van der Waals surface area (Å²) in [5, 5.41) is 7.60. The van der Waals surface area contributed by atoms with Gasteiger partial charge in [0.1, 0.15) is 0 Å². The quantitative estimate of drug-likeness (QED) is 0.199. The van der Waals surface area contributed by atoms with Gasteiger partial charge < -0.3 is 12.5 Å². The monoisotopic (exact) mass is 122 g/mol. The molecule has 0 saturated carbocycles. The van der Waals surface area contributed by atoms with Crippen molar-refractivity contribution < 1.29 is 28.8 Å². The zero-order valence-corrected chi connectivity index (χ0v) is 6.05. The zero-order chi connectivity index (χ0) is 6.28. The van der Waals surface area contributed by atoms with Crippen molar-refractivity contribution in [3.8, 4) is 0 Å². The van der Waals surface area contributed by atoms with Crippen LogP contribution in [0, 0.1) is 7.43 Å². The van der Waals surface area contributed by atoms with E-state index in [2.05, 4.69) is 19.7 Å². The predicted octanol–water partition coefficient (Wildman–Crippen LogP) is -1.49. The van der Waals surface area contributed by atoms with Gasteiger partial charge in [0.05, 0.1) is 0 Å². The van der Waals surface area contributed by atoms with Crippen LogP contribution in [-0.2, 0) is 4.79 Å². The molecule has 1 N–H and O–H groups in total. The van der Waals surface area contributed by atoms with Crippen LogP contribution in [0.3, 0.4) is 0 Å². The first kappa shape index (κ1) is 23.5. The third-order valence-corrected chi connectivity index (χ3v) is 0.175. The molecular weight excluding hydrogens is 111 g/mol. The summed E-state index contributed by atoms with van der Waals surface area (Å²) in [5.41, 5.74) is 0. The van der Waals surface area contributed by atoms with E-state index in [0.29, 0.717) is 0 Å². The average Bonchev–Trinajstić information content (AvgIpc) is 1.73. The Morgan fingerprint density at radius 1 is 1.44 bits per heavy atom. The molecule has 0 unspecified atom stereocenters. The smallest absolute Gasteiger partial charge is 0.478 e. The van der Waals surface area contributed by atoms with Crippen LogP contribution < -0.4 is 18.9 Å². The summed E-state index contributed by atoms with van der Waals surface area (Å²) in [6.07, 6.45) is 0.833. The second kappa shape index (κ2) is 25.7. The maximum absolute atomic E-state index is 9.25. The van der Waals surface area contributed by atoms with Crippen LogP contribution in [0.1, 0.15) is 0 Å². The molecule has 0 aromatic heterocycles. The van der Waals surface area contributed by atoms with Gasteiger partial charge in [-0.3, -0.25) is 0 Å². The Bertz CT molecular complexity index is 71.5. The van der Waals surface area contributed by atoms with Crippen molar-refractivity contribution in [3.05, 3.63) is 33.2 Å². The van der Waals surface area contributed by atoms with Crippen LogP contribution in [0.4, 0.5) is 0 Å². The maximum atomic E-state index is 9.25.